The molecule has 1 aromatic rings. The molecule has 0 spiro atoms. The number of allylic oxidation sites excluding steroid dienone is 1. The molecule has 0 aromatic heterocycles. The first-order valence-electron chi connectivity index (χ1n) is 3.94. The van der Waals surface area contributed by atoms with Crippen LogP contribution in [0.5, 0.6) is 0 Å². The zero-order valence-corrected chi connectivity index (χ0v) is 8.14. The molecule has 0 radical (unpaired) electrons. The number of carbonyl (C=O) groups is 1. The second-order valence-corrected chi connectivity index (χ2v) is 3.14. The molecule has 80 valence electrons. The summed E-state index contributed by atoms with van der Waals surface area (Å²) in [6.07, 6.45) is -1.61. The average Bonchev–Trinajstić information content (AvgIpc) is 2.15. The Labute approximate surface area is 89.2 Å². The summed E-state index contributed by atoms with van der Waals surface area (Å²) in [4.78, 5) is 9.99. The number of halogens is 4. The molecular weight excluding hydrogens is 229 g/mol. The Morgan fingerprint density at radius 3 is 2.47 bits per heavy atom. The van der Waals surface area contributed by atoms with Gasteiger partial charge in [-0.2, -0.15) is 13.2 Å². The number of hydrogen-bond acceptors (Lipinski definition) is 1. The lowest BCUT2D eigenvalue weighted by Crippen LogP contribution is -2.05. The van der Waals surface area contributed by atoms with Crippen LogP contribution in [0.3, 0.4) is 0 Å². The summed E-state index contributed by atoms with van der Waals surface area (Å²) in [7, 11) is 0. The minimum Gasteiger partial charge on any atom is -0.299 e. The maximum Gasteiger partial charge on any atom is 0.417 e. The molecule has 0 heterocycles. The SMILES string of the molecule is O=CC=Cc1ccc(Cl)c(C(F)(F)F)c1. The molecule has 0 aliphatic heterocycles. The van der Waals surface area contributed by atoms with Gasteiger partial charge in [0.15, 0.2) is 0 Å². The van der Waals surface area contributed by atoms with Gasteiger partial charge in [0, 0.05) is 0 Å². The van der Waals surface area contributed by atoms with Crippen molar-refractivity contribution in [3.05, 3.63) is 40.4 Å². The molecule has 1 aromatic carbocycles. The first-order chi connectivity index (χ1) is 6.95. The molecule has 5 heteroatoms. The number of carbonyl (C=O) groups excluding carboxylic acids is 1. The number of benzene rings is 1. The standard InChI is InChI=1S/C10H6ClF3O/c11-9-4-3-7(2-1-5-15)6-8(9)10(12,13)14/h1-6H. The van der Waals surface area contributed by atoms with Gasteiger partial charge in [0.2, 0.25) is 0 Å². The molecule has 0 N–H and O–H groups in total. The number of alkyl halides is 3. The number of aldehydes is 1. The fourth-order valence-corrected chi connectivity index (χ4v) is 1.24. The highest BCUT2D eigenvalue weighted by molar-refractivity contribution is 6.31. The molecule has 0 unspecified atom stereocenters. The van der Waals surface area contributed by atoms with Crippen LogP contribution in [0.4, 0.5) is 13.2 Å². The third-order valence-corrected chi connectivity index (χ3v) is 1.99. The Kier molecular flexibility index (Phi) is 3.52. The highest BCUT2D eigenvalue weighted by atomic mass is 35.5. The van der Waals surface area contributed by atoms with Crippen molar-refractivity contribution in [2.45, 2.75) is 6.18 Å². The van der Waals surface area contributed by atoms with Crippen LogP contribution in [0.15, 0.2) is 24.3 Å². The van der Waals surface area contributed by atoms with Crippen LogP contribution in [-0.4, -0.2) is 6.29 Å². The van der Waals surface area contributed by atoms with Crippen molar-refractivity contribution in [1.82, 2.24) is 0 Å². The van der Waals surface area contributed by atoms with Gasteiger partial charge in [0.25, 0.3) is 0 Å². The van der Waals surface area contributed by atoms with Gasteiger partial charge >= 0.3 is 6.18 Å². The molecule has 0 aliphatic rings. The lowest BCUT2D eigenvalue weighted by Gasteiger charge is -2.09. The van der Waals surface area contributed by atoms with E-state index >= 15 is 0 Å². The lowest BCUT2D eigenvalue weighted by molar-refractivity contribution is -0.137. The van der Waals surface area contributed by atoms with E-state index in [0.717, 1.165) is 18.2 Å². The second-order valence-electron chi connectivity index (χ2n) is 2.73. The van der Waals surface area contributed by atoms with Crippen LogP contribution in [0.1, 0.15) is 11.1 Å². The van der Waals surface area contributed by atoms with Crippen molar-refractivity contribution in [3.63, 3.8) is 0 Å². The van der Waals surface area contributed by atoms with E-state index in [9.17, 15) is 18.0 Å². The van der Waals surface area contributed by atoms with E-state index in [1.807, 2.05) is 0 Å². The fourth-order valence-electron chi connectivity index (χ4n) is 1.01. The molecule has 0 fully saturated rings. The largest absolute Gasteiger partial charge is 0.417 e. The second kappa shape index (κ2) is 4.49. The monoisotopic (exact) mass is 234 g/mol. The smallest absolute Gasteiger partial charge is 0.299 e. The summed E-state index contributed by atoms with van der Waals surface area (Å²) in [5.41, 5.74) is -0.629. The van der Waals surface area contributed by atoms with E-state index in [0.29, 0.717) is 6.29 Å². The van der Waals surface area contributed by atoms with Crippen LogP contribution in [-0.2, 0) is 11.0 Å². The molecule has 15 heavy (non-hydrogen) atoms. The van der Waals surface area contributed by atoms with Crippen molar-refractivity contribution < 1.29 is 18.0 Å². The van der Waals surface area contributed by atoms with Crippen LogP contribution >= 0.6 is 11.6 Å². The molecule has 1 rings (SSSR count). The van der Waals surface area contributed by atoms with E-state index < -0.39 is 11.7 Å². The minimum atomic E-state index is -4.48. The van der Waals surface area contributed by atoms with Gasteiger partial charge in [0.1, 0.15) is 6.29 Å². The van der Waals surface area contributed by atoms with Crippen molar-refractivity contribution in [1.29, 1.82) is 0 Å². The molecule has 0 saturated heterocycles. The van der Waals surface area contributed by atoms with Gasteiger partial charge in [-0.25, -0.2) is 0 Å². The first kappa shape index (κ1) is 11.8. The number of rotatable bonds is 2. The average molecular weight is 235 g/mol. The molecule has 0 aliphatic carbocycles. The Bertz CT molecular complexity index is 396. The summed E-state index contributed by atoms with van der Waals surface area (Å²) < 4.78 is 37.1. The van der Waals surface area contributed by atoms with Gasteiger partial charge in [-0.15, -0.1) is 0 Å². The van der Waals surface area contributed by atoms with Crippen LogP contribution in [0, 0.1) is 0 Å². The number of hydrogen-bond donors (Lipinski definition) is 0. The topological polar surface area (TPSA) is 17.1 Å². The van der Waals surface area contributed by atoms with Gasteiger partial charge in [-0.05, 0) is 23.8 Å². The molecule has 1 nitrogen and oxygen atoms in total. The van der Waals surface area contributed by atoms with Crippen LogP contribution in [0.2, 0.25) is 5.02 Å². The summed E-state index contributed by atoms with van der Waals surface area (Å²) in [6, 6.07) is 3.44. The zero-order chi connectivity index (χ0) is 11.5. The van der Waals surface area contributed by atoms with Crippen LogP contribution in [0.25, 0.3) is 6.08 Å². The molecular formula is C10H6ClF3O. The van der Waals surface area contributed by atoms with Crippen molar-refractivity contribution in [2.75, 3.05) is 0 Å². The maximum atomic E-state index is 12.4. The Hall–Kier alpha value is -1.29. The summed E-state index contributed by atoms with van der Waals surface area (Å²) in [5, 5.41) is -0.356. The van der Waals surface area contributed by atoms with E-state index in [1.54, 1.807) is 0 Å². The van der Waals surface area contributed by atoms with E-state index in [1.165, 1.54) is 12.1 Å². The Morgan fingerprint density at radius 2 is 1.93 bits per heavy atom. The Balaban J connectivity index is 3.17. The van der Waals surface area contributed by atoms with Gasteiger partial charge in [-0.3, -0.25) is 4.79 Å². The van der Waals surface area contributed by atoms with Crippen LogP contribution < -0.4 is 0 Å². The predicted molar refractivity (Wildman–Crippen MR) is 51.6 cm³/mol. The van der Waals surface area contributed by atoms with E-state index in [2.05, 4.69) is 0 Å². The van der Waals surface area contributed by atoms with E-state index in [4.69, 9.17) is 11.6 Å². The maximum absolute atomic E-state index is 12.4. The first-order valence-corrected chi connectivity index (χ1v) is 4.31. The summed E-state index contributed by atoms with van der Waals surface area (Å²) in [5.74, 6) is 0. The van der Waals surface area contributed by atoms with Gasteiger partial charge < -0.3 is 0 Å². The molecule has 0 bridgehead atoms. The van der Waals surface area contributed by atoms with Gasteiger partial charge in [0.05, 0.1) is 10.6 Å². The predicted octanol–water partition coefficient (Wildman–Crippen LogP) is 3.57. The summed E-state index contributed by atoms with van der Waals surface area (Å²) >= 11 is 5.40. The van der Waals surface area contributed by atoms with E-state index in [-0.39, 0.29) is 10.6 Å². The Morgan fingerprint density at radius 1 is 1.27 bits per heavy atom. The fraction of sp³-hybridized carbons (Fsp3) is 0.100. The third kappa shape index (κ3) is 3.09. The third-order valence-electron chi connectivity index (χ3n) is 1.66. The van der Waals surface area contributed by atoms with Crippen molar-refractivity contribution in [3.8, 4) is 0 Å². The highest BCUT2D eigenvalue weighted by Gasteiger charge is 2.33. The molecule has 0 atom stereocenters. The molecule has 0 amide bonds. The highest BCUT2D eigenvalue weighted by Crippen LogP contribution is 2.35. The van der Waals surface area contributed by atoms with Crippen molar-refractivity contribution >= 4 is 24.0 Å². The van der Waals surface area contributed by atoms with Crippen molar-refractivity contribution in [2.24, 2.45) is 0 Å². The lowest BCUT2D eigenvalue weighted by atomic mass is 10.1. The van der Waals surface area contributed by atoms with Gasteiger partial charge in [-0.1, -0.05) is 23.7 Å². The molecule has 0 saturated carbocycles. The quantitative estimate of drug-likeness (QED) is 0.565. The summed E-state index contributed by atoms with van der Waals surface area (Å²) in [6.45, 7) is 0. The normalized spacial score (nSPS) is 12.0. The zero-order valence-electron chi connectivity index (χ0n) is 7.38. The minimum absolute atomic E-state index is 0.277.